The van der Waals surface area contributed by atoms with Crippen molar-refractivity contribution >= 4 is 11.8 Å². The van der Waals surface area contributed by atoms with Crippen LogP contribution in [0.15, 0.2) is 41.0 Å². The van der Waals surface area contributed by atoms with Gasteiger partial charge in [-0.15, -0.1) is 0 Å². The van der Waals surface area contributed by atoms with Crippen molar-refractivity contribution in [2.75, 3.05) is 21.3 Å². The molecule has 0 radical (unpaired) electrons. The minimum atomic E-state index is -0.672. The summed E-state index contributed by atoms with van der Waals surface area (Å²) in [5.41, 5.74) is 0.360. The molecule has 2 aromatic rings. The first-order chi connectivity index (χ1) is 12.8. The Morgan fingerprint density at radius 1 is 1.15 bits per heavy atom. The lowest BCUT2D eigenvalue weighted by atomic mass is 10.0. The largest absolute Gasteiger partial charge is 0.497 e. The van der Waals surface area contributed by atoms with E-state index >= 15 is 0 Å². The summed E-state index contributed by atoms with van der Waals surface area (Å²) in [7, 11) is 4.71. The molecule has 2 rings (SSSR count). The first kappa shape index (κ1) is 20.4. The monoisotopic (exact) mass is 374 g/mol. The molecule has 7 nitrogen and oxygen atoms in total. The van der Waals surface area contributed by atoms with Crippen molar-refractivity contribution in [2.24, 2.45) is 5.92 Å². The highest BCUT2D eigenvalue weighted by molar-refractivity contribution is 5.98. The molecule has 0 aliphatic rings. The number of carbonyl (C=O) groups is 2. The van der Waals surface area contributed by atoms with Crippen molar-refractivity contribution in [1.82, 2.24) is 10.2 Å². The van der Waals surface area contributed by atoms with Crippen LogP contribution in [-0.4, -0.2) is 44.0 Å². The predicted molar refractivity (Wildman–Crippen MR) is 101 cm³/mol. The zero-order chi connectivity index (χ0) is 20.0. The molecule has 0 fully saturated rings. The normalized spacial score (nSPS) is 11.8. The SMILES string of the molecule is COc1cc(OC)cc(C(=O)NC(C(=O)N(C)Cc2ccco2)C(C)C)c1. The molecule has 1 aromatic heterocycles. The number of nitrogens with zero attached hydrogens (tertiary/aromatic N) is 1. The maximum Gasteiger partial charge on any atom is 0.252 e. The Balaban J connectivity index is 2.15. The van der Waals surface area contributed by atoms with Crippen LogP contribution in [-0.2, 0) is 11.3 Å². The van der Waals surface area contributed by atoms with Gasteiger partial charge in [0.1, 0.15) is 23.3 Å². The summed E-state index contributed by atoms with van der Waals surface area (Å²) >= 11 is 0. The van der Waals surface area contributed by atoms with E-state index in [0.717, 1.165) is 0 Å². The van der Waals surface area contributed by atoms with E-state index in [-0.39, 0.29) is 17.7 Å². The fourth-order valence-corrected chi connectivity index (χ4v) is 2.63. The Morgan fingerprint density at radius 3 is 2.26 bits per heavy atom. The molecule has 0 spiro atoms. The summed E-state index contributed by atoms with van der Waals surface area (Å²) in [6.07, 6.45) is 1.56. The third kappa shape index (κ3) is 5.26. The van der Waals surface area contributed by atoms with Crippen LogP contribution in [0.3, 0.4) is 0 Å². The van der Waals surface area contributed by atoms with Crippen molar-refractivity contribution in [3.05, 3.63) is 47.9 Å². The van der Waals surface area contributed by atoms with Gasteiger partial charge in [-0.25, -0.2) is 0 Å². The van der Waals surface area contributed by atoms with Crippen LogP contribution >= 0.6 is 0 Å². The van der Waals surface area contributed by atoms with Crippen LogP contribution in [0.1, 0.15) is 30.0 Å². The minimum Gasteiger partial charge on any atom is -0.497 e. The molecule has 1 atom stereocenters. The topological polar surface area (TPSA) is 81.0 Å². The Hall–Kier alpha value is -2.96. The van der Waals surface area contributed by atoms with Gasteiger partial charge in [0.25, 0.3) is 5.91 Å². The van der Waals surface area contributed by atoms with E-state index in [4.69, 9.17) is 13.9 Å². The molecule has 7 heteroatoms. The molecule has 1 unspecified atom stereocenters. The lowest BCUT2D eigenvalue weighted by Gasteiger charge is -2.26. The first-order valence-electron chi connectivity index (χ1n) is 8.67. The van der Waals surface area contributed by atoms with Crippen molar-refractivity contribution in [2.45, 2.75) is 26.4 Å². The molecule has 0 aliphatic carbocycles. The van der Waals surface area contributed by atoms with E-state index < -0.39 is 6.04 Å². The van der Waals surface area contributed by atoms with Crippen molar-refractivity contribution in [1.29, 1.82) is 0 Å². The fourth-order valence-electron chi connectivity index (χ4n) is 2.63. The molecule has 0 bridgehead atoms. The Kier molecular flexibility index (Phi) is 6.87. The summed E-state index contributed by atoms with van der Waals surface area (Å²) in [6.45, 7) is 4.10. The summed E-state index contributed by atoms with van der Waals surface area (Å²) in [5, 5.41) is 2.82. The van der Waals surface area contributed by atoms with E-state index in [1.807, 2.05) is 13.8 Å². The van der Waals surface area contributed by atoms with Crippen LogP contribution in [0.5, 0.6) is 11.5 Å². The highest BCUT2D eigenvalue weighted by atomic mass is 16.5. The number of rotatable bonds is 8. The molecule has 0 saturated carbocycles. The molecule has 1 aromatic carbocycles. The van der Waals surface area contributed by atoms with Crippen molar-refractivity contribution in [3.63, 3.8) is 0 Å². The van der Waals surface area contributed by atoms with E-state index in [1.165, 1.54) is 19.1 Å². The predicted octanol–water partition coefficient (Wildman–Crippen LogP) is 2.71. The minimum absolute atomic E-state index is 0.0898. The molecule has 1 heterocycles. The van der Waals surface area contributed by atoms with E-state index in [9.17, 15) is 9.59 Å². The molecule has 2 amide bonds. The molecule has 27 heavy (non-hydrogen) atoms. The Labute approximate surface area is 159 Å². The van der Waals surface area contributed by atoms with Gasteiger partial charge in [-0.05, 0) is 30.2 Å². The van der Waals surface area contributed by atoms with Gasteiger partial charge in [-0.2, -0.15) is 0 Å². The van der Waals surface area contributed by atoms with Gasteiger partial charge in [0.05, 0.1) is 27.0 Å². The maximum absolute atomic E-state index is 12.8. The number of nitrogens with one attached hydrogen (secondary N) is 1. The number of ether oxygens (including phenoxy) is 2. The van der Waals surface area contributed by atoms with Gasteiger partial charge in [0, 0.05) is 18.7 Å². The van der Waals surface area contributed by atoms with Gasteiger partial charge in [0.2, 0.25) is 5.91 Å². The van der Waals surface area contributed by atoms with Gasteiger partial charge < -0.3 is 24.1 Å². The number of amides is 2. The van der Waals surface area contributed by atoms with Gasteiger partial charge in [-0.3, -0.25) is 9.59 Å². The Morgan fingerprint density at radius 2 is 1.78 bits per heavy atom. The molecular formula is C20H26N2O5. The third-order valence-electron chi connectivity index (χ3n) is 4.18. The van der Waals surface area contributed by atoms with Gasteiger partial charge in [0.15, 0.2) is 0 Å². The average Bonchev–Trinajstić information content (AvgIpc) is 3.17. The van der Waals surface area contributed by atoms with Gasteiger partial charge >= 0.3 is 0 Å². The van der Waals surface area contributed by atoms with Crippen molar-refractivity contribution in [3.8, 4) is 11.5 Å². The second-order valence-electron chi connectivity index (χ2n) is 6.57. The smallest absolute Gasteiger partial charge is 0.252 e. The van der Waals surface area contributed by atoms with Crippen LogP contribution in [0.4, 0.5) is 0 Å². The van der Waals surface area contributed by atoms with Crippen LogP contribution in [0.25, 0.3) is 0 Å². The quantitative estimate of drug-likeness (QED) is 0.768. The second-order valence-corrected chi connectivity index (χ2v) is 6.57. The Bertz CT molecular complexity index is 748. The van der Waals surface area contributed by atoms with Crippen LogP contribution in [0, 0.1) is 5.92 Å². The number of likely N-dealkylation sites (N-methyl/N-ethyl adjacent to an activating group) is 1. The van der Waals surface area contributed by atoms with Crippen molar-refractivity contribution < 1.29 is 23.5 Å². The number of furan rings is 1. The summed E-state index contributed by atoms with van der Waals surface area (Å²) < 4.78 is 15.7. The second kappa shape index (κ2) is 9.12. The van der Waals surface area contributed by atoms with Gasteiger partial charge in [-0.1, -0.05) is 13.8 Å². The number of carbonyl (C=O) groups excluding carboxylic acids is 2. The number of hydrogen-bond donors (Lipinski definition) is 1. The summed E-state index contributed by atoms with van der Waals surface area (Å²) in [5.74, 6) is 1.03. The average molecular weight is 374 g/mol. The highest BCUT2D eigenvalue weighted by Crippen LogP contribution is 2.22. The van der Waals surface area contributed by atoms with E-state index in [2.05, 4.69) is 5.32 Å². The van der Waals surface area contributed by atoms with E-state index in [1.54, 1.807) is 43.6 Å². The zero-order valence-corrected chi connectivity index (χ0v) is 16.3. The van der Waals surface area contributed by atoms with Crippen LogP contribution in [0.2, 0.25) is 0 Å². The van der Waals surface area contributed by atoms with Crippen LogP contribution < -0.4 is 14.8 Å². The molecular weight excluding hydrogens is 348 g/mol. The zero-order valence-electron chi connectivity index (χ0n) is 16.3. The highest BCUT2D eigenvalue weighted by Gasteiger charge is 2.28. The maximum atomic E-state index is 12.8. The fraction of sp³-hybridized carbons (Fsp3) is 0.400. The third-order valence-corrected chi connectivity index (χ3v) is 4.18. The number of methoxy groups -OCH3 is 2. The molecule has 1 N–H and O–H groups in total. The lowest BCUT2D eigenvalue weighted by molar-refractivity contribution is -0.133. The molecule has 0 saturated heterocycles. The summed E-state index contributed by atoms with van der Waals surface area (Å²) in [6, 6.07) is 7.79. The number of hydrogen-bond acceptors (Lipinski definition) is 5. The molecule has 0 aliphatic heterocycles. The molecule has 146 valence electrons. The standard InChI is InChI=1S/C20H26N2O5/c1-13(2)18(20(24)22(3)12-15-7-6-8-27-15)21-19(23)14-9-16(25-4)11-17(10-14)26-5/h6-11,13,18H,12H2,1-5H3,(H,21,23). The summed E-state index contributed by atoms with van der Waals surface area (Å²) in [4.78, 5) is 27.1. The number of benzene rings is 1. The first-order valence-corrected chi connectivity index (χ1v) is 8.67. The lowest BCUT2D eigenvalue weighted by Crippen LogP contribution is -2.50. The van der Waals surface area contributed by atoms with E-state index in [0.29, 0.717) is 29.4 Å².